The van der Waals surface area contributed by atoms with Gasteiger partial charge in [0.05, 0.1) is 7.11 Å². The van der Waals surface area contributed by atoms with Crippen LogP contribution in [0.25, 0.3) is 0 Å². The molecule has 17 heavy (non-hydrogen) atoms. The highest BCUT2D eigenvalue weighted by atomic mass is 32.2. The van der Waals surface area contributed by atoms with Gasteiger partial charge in [0.2, 0.25) is 0 Å². The van der Waals surface area contributed by atoms with Crippen LogP contribution < -0.4 is 4.74 Å². The third-order valence-electron chi connectivity index (χ3n) is 2.82. The van der Waals surface area contributed by atoms with Gasteiger partial charge in [-0.15, -0.1) is 0 Å². The van der Waals surface area contributed by atoms with Gasteiger partial charge in [0.15, 0.2) is 5.12 Å². The van der Waals surface area contributed by atoms with Crippen LogP contribution in [-0.2, 0) is 11.3 Å². The molecular formula is C13H17NO2S. The predicted molar refractivity (Wildman–Crippen MR) is 70.3 cm³/mol. The Kier molecular flexibility index (Phi) is 4.07. The van der Waals surface area contributed by atoms with E-state index in [1.54, 1.807) is 14.0 Å². The first kappa shape index (κ1) is 12.5. The Morgan fingerprint density at radius 1 is 1.41 bits per heavy atom. The van der Waals surface area contributed by atoms with Gasteiger partial charge in [0, 0.05) is 31.8 Å². The van der Waals surface area contributed by atoms with Crippen molar-refractivity contribution in [1.82, 2.24) is 4.90 Å². The molecule has 92 valence electrons. The van der Waals surface area contributed by atoms with Crippen LogP contribution in [0.2, 0.25) is 0 Å². The lowest BCUT2D eigenvalue weighted by molar-refractivity contribution is -0.109. The van der Waals surface area contributed by atoms with Crippen molar-refractivity contribution in [3.63, 3.8) is 0 Å². The number of hydrogen-bond donors (Lipinski definition) is 0. The van der Waals surface area contributed by atoms with Crippen molar-refractivity contribution in [2.45, 2.75) is 18.7 Å². The Labute approximate surface area is 106 Å². The van der Waals surface area contributed by atoms with E-state index >= 15 is 0 Å². The molecule has 1 fully saturated rings. The summed E-state index contributed by atoms with van der Waals surface area (Å²) >= 11 is 1.46. The zero-order valence-corrected chi connectivity index (χ0v) is 11.0. The minimum atomic E-state index is 0.221. The summed E-state index contributed by atoms with van der Waals surface area (Å²) in [5.41, 5.74) is 1.29. The molecule has 0 bridgehead atoms. The van der Waals surface area contributed by atoms with Gasteiger partial charge in [0.1, 0.15) is 5.75 Å². The van der Waals surface area contributed by atoms with Crippen LogP contribution in [-0.4, -0.2) is 35.5 Å². The summed E-state index contributed by atoms with van der Waals surface area (Å²) in [4.78, 5) is 13.3. The van der Waals surface area contributed by atoms with Gasteiger partial charge in [-0.05, 0) is 17.7 Å². The summed E-state index contributed by atoms with van der Waals surface area (Å²) < 4.78 is 5.12. The van der Waals surface area contributed by atoms with Crippen molar-refractivity contribution in [2.75, 3.05) is 20.2 Å². The van der Waals surface area contributed by atoms with Crippen molar-refractivity contribution in [1.29, 1.82) is 0 Å². The lowest BCUT2D eigenvalue weighted by Crippen LogP contribution is -2.48. The fourth-order valence-electron chi connectivity index (χ4n) is 1.95. The fourth-order valence-corrected chi connectivity index (χ4v) is 2.99. The molecule has 1 aliphatic heterocycles. The second kappa shape index (κ2) is 5.56. The Morgan fingerprint density at radius 2 is 2.06 bits per heavy atom. The maximum atomic E-state index is 10.9. The minimum absolute atomic E-state index is 0.221. The zero-order valence-electron chi connectivity index (χ0n) is 10.2. The predicted octanol–water partition coefficient (Wildman–Crippen LogP) is 2.16. The molecule has 0 saturated carbocycles. The molecule has 0 N–H and O–H groups in total. The molecule has 1 aliphatic rings. The second-order valence-corrected chi connectivity index (χ2v) is 5.75. The molecule has 1 aromatic carbocycles. The molecule has 0 radical (unpaired) electrons. The van der Waals surface area contributed by atoms with Gasteiger partial charge in [-0.1, -0.05) is 23.9 Å². The van der Waals surface area contributed by atoms with E-state index in [-0.39, 0.29) is 5.12 Å². The Hall–Kier alpha value is -1.00. The third kappa shape index (κ3) is 3.48. The van der Waals surface area contributed by atoms with Crippen LogP contribution in [0.1, 0.15) is 12.5 Å². The van der Waals surface area contributed by atoms with Crippen LogP contribution in [0.5, 0.6) is 5.75 Å². The molecule has 0 unspecified atom stereocenters. The molecule has 0 aliphatic carbocycles. The van der Waals surface area contributed by atoms with E-state index in [0.717, 1.165) is 25.4 Å². The maximum Gasteiger partial charge on any atom is 0.186 e. The van der Waals surface area contributed by atoms with Crippen LogP contribution >= 0.6 is 11.8 Å². The number of methoxy groups -OCH3 is 1. The average Bonchev–Trinajstić information content (AvgIpc) is 2.26. The number of rotatable bonds is 4. The van der Waals surface area contributed by atoms with Gasteiger partial charge >= 0.3 is 0 Å². The van der Waals surface area contributed by atoms with Crippen LogP contribution in [0.4, 0.5) is 0 Å². The fraction of sp³-hybridized carbons (Fsp3) is 0.462. The highest BCUT2D eigenvalue weighted by molar-refractivity contribution is 8.14. The molecule has 0 amide bonds. The molecule has 2 rings (SSSR count). The summed E-state index contributed by atoms with van der Waals surface area (Å²) in [5.74, 6) is 0.891. The molecule has 4 heteroatoms. The van der Waals surface area contributed by atoms with E-state index in [1.165, 1.54) is 17.3 Å². The van der Waals surface area contributed by atoms with E-state index in [2.05, 4.69) is 17.0 Å². The summed E-state index contributed by atoms with van der Waals surface area (Å²) in [5, 5.41) is 0.713. The van der Waals surface area contributed by atoms with E-state index in [1.807, 2.05) is 12.1 Å². The number of carbonyl (C=O) groups is 1. The lowest BCUT2D eigenvalue weighted by Gasteiger charge is -2.38. The molecule has 1 saturated heterocycles. The first-order valence-corrected chi connectivity index (χ1v) is 6.58. The van der Waals surface area contributed by atoms with Crippen molar-refractivity contribution in [3.8, 4) is 5.75 Å². The minimum Gasteiger partial charge on any atom is -0.497 e. The van der Waals surface area contributed by atoms with Gasteiger partial charge in [0.25, 0.3) is 0 Å². The number of nitrogens with zero attached hydrogens (tertiary/aromatic N) is 1. The van der Waals surface area contributed by atoms with Gasteiger partial charge in [-0.2, -0.15) is 0 Å². The smallest absolute Gasteiger partial charge is 0.186 e. The summed E-state index contributed by atoms with van der Waals surface area (Å²) in [7, 11) is 1.67. The number of ether oxygens (including phenoxy) is 1. The highest BCUT2D eigenvalue weighted by Gasteiger charge is 2.27. The number of thioether (sulfide) groups is 1. The number of benzene rings is 1. The number of hydrogen-bond acceptors (Lipinski definition) is 4. The van der Waals surface area contributed by atoms with E-state index < -0.39 is 0 Å². The molecule has 0 spiro atoms. The van der Waals surface area contributed by atoms with Gasteiger partial charge in [-0.3, -0.25) is 9.69 Å². The van der Waals surface area contributed by atoms with Crippen molar-refractivity contribution in [3.05, 3.63) is 29.8 Å². The second-order valence-electron chi connectivity index (χ2n) is 4.27. The van der Waals surface area contributed by atoms with E-state index in [4.69, 9.17) is 4.74 Å². The lowest BCUT2D eigenvalue weighted by atomic mass is 10.1. The topological polar surface area (TPSA) is 29.5 Å². The molecule has 1 aromatic rings. The molecule has 3 nitrogen and oxygen atoms in total. The van der Waals surface area contributed by atoms with Gasteiger partial charge < -0.3 is 4.74 Å². The van der Waals surface area contributed by atoms with E-state index in [0.29, 0.717) is 5.25 Å². The standard InChI is InChI=1S/C13H17NO2S/c1-10(15)17-13-8-14(9-13)7-11-3-5-12(16-2)6-4-11/h3-6,13H,7-9H2,1-2H3. The van der Waals surface area contributed by atoms with Crippen LogP contribution in [0, 0.1) is 0 Å². The Morgan fingerprint density at radius 3 is 2.59 bits per heavy atom. The van der Waals surface area contributed by atoms with Crippen LogP contribution in [0.3, 0.4) is 0 Å². The number of carbonyl (C=O) groups excluding carboxylic acids is 1. The van der Waals surface area contributed by atoms with Crippen molar-refractivity contribution in [2.24, 2.45) is 0 Å². The molecule has 0 atom stereocenters. The molecular weight excluding hydrogens is 234 g/mol. The normalized spacial score (nSPS) is 16.6. The summed E-state index contributed by atoms with van der Waals surface area (Å²) in [6, 6.07) is 8.14. The first-order chi connectivity index (χ1) is 8.17. The van der Waals surface area contributed by atoms with Crippen molar-refractivity contribution < 1.29 is 9.53 Å². The van der Waals surface area contributed by atoms with Crippen LogP contribution in [0.15, 0.2) is 24.3 Å². The third-order valence-corrected chi connectivity index (χ3v) is 3.78. The SMILES string of the molecule is COc1ccc(CN2CC(SC(C)=O)C2)cc1. The average molecular weight is 251 g/mol. The first-order valence-electron chi connectivity index (χ1n) is 5.70. The Bertz CT molecular complexity index is 385. The molecule has 0 aromatic heterocycles. The maximum absolute atomic E-state index is 10.9. The number of likely N-dealkylation sites (tertiary alicyclic amines) is 1. The van der Waals surface area contributed by atoms with Gasteiger partial charge in [-0.25, -0.2) is 0 Å². The summed E-state index contributed by atoms with van der Waals surface area (Å²) in [6.45, 7) is 4.61. The highest BCUT2D eigenvalue weighted by Crippen LogP contribution is 2.24. The summed E-state index contributed by atoms with van der Waals surface area (Å²) in [6.07, 6.45) is 0. The molecule has 1 heterocycles. The van der Waals surface area contributed by atoms with E-state index in [9.17, 15) is 4.79 Å². The Balaban J connectivity index is 1.77. The zero-order chi connectivity index (χ0) is 12.3. The van der Waals surface area contributed by atoms with Crippen molar-refractivity contribution >= 4 is 16.9 Å². The largest absolute Gasteiger partial charge is 0.497 e. The monoisotopic (exact) mass is 251 g/mol. The quantitative estimate of drug-likeness (QED) is 0.820.